The van der Waals surface area contributed by atoms with Crippen LogP contribution in [0.2, 0.25) is 0 Å². The first kappa shape index (κ1) is 29.9. The van der Waals surface area contributed by atoms with Crippen molar-refractivity contribution in [1.82, 2.24) is 30.0 Å². The lowest BCUT2D eigenvalue weighted by atomic mass is 9.86. The van der Waals surface area contributed by atoms with Gasteiger partial charge in [0.15, 0.2) is 5.82 Å². The fraction of sp³-hybridized carbons (Fsp3) is 0.500. The Kier molecular flexibility index (Phi) is 7.24. The molecule has 4 fully saturated rings. The molecule has 4 aliphatic heterocycles. The average Bonchev–Trinajstić information content (AvgIpc) is 3.82. The lowest BCUT2D eigenvalue weighted by Crippen LogP contribution is -2.55. The molecule has 8 rings (SSSR count). The van der Waals surface area contributed by atoms with Crippen molar-refractivity contribution in [2.75, 3.05) is 37.7 Å². The summed E-state index contributed by atoms with van der Waals surface area (Å²) < 4.78 is 23.4. The standard InChI is InChI=1S/C36H40FN7O3/c1-4-21-14-36(15-22(5-2)17-43(36)16-21)20-47-34-38-32-27(33(39-34)42-18-24-10-11-25(19-42)44(24)35(45)46)13-12-26(30(32)37)31-29-23(6-3)8-7-9-28(29)40-41-31/h3,7-9,12-13,21-22,24-25H,4-5,10-11,14-20H2,1-2H3,(H,40,41)(H,45,46)/t21?,22?,24-,25+,36?. The molecular formula is C36H40FN7O3. The molecule has 47 heavy (non-hydrogen) atoms. The number of hydrogen-bond donors (Lipinski definition) is 2. The van der Waals surface area contributed by atoms with E-state index in [9.17, 15) is 9.90 Å². The Balaban J connectivity index is 1.22. The number of anilines is 1. The highest BCUT2D eigenvalue weighted by Gasteiger charge is 2.51. The molecule has 11 heteroatoms. The van der Waals surface area contributed by atoms with Gasteiger partial charge in [-0.3, -0.25) is 14.9 Å². The van der Waals surface area contributed by atoms with Crippen molar-refractivity contribution >= 4 is 33.7 Å². The highest BCUT2D eigenvalue weighted by Crippen LogP contribution is 2.46. The van der Waals surface area contributed by atoms with E-state index in [0.717, 1.165) is 57.1 Å². The van der Waals surface area contributed by atoms with E-state index in [1.807, 2.05) is 24.3 Å². The number of terminal acetylenes is 1. The lowest BCUT2D eigenvalue weighted by molar-refractivity contribution is 0.107. The first-order chi connectivity index (χ1) is 22.8. The molecule has 4 atom stereocenters. The van der Waals surface area contributed by atoms with E-state index in [-0.39, 0.29) is 34.7 Å². The molecule has 0 saturated carbocycles. The molecule has 2 unspecified atom stereocenters. The number of amides is 1. The largest absolute Gasteiger partial charge is 0.465 e. The predicted octanol–water partition coefficient (Wildman–Crippen LogP) is 5.90. The highest BCUT2D eigenvalue weighted by molar-refractivity contribution is 6.00. The van der Waals surface area contributed by atoms with E-state index in [2.05, 4.69) is 39.8 Å². The van der Waals surface area contributed by atoms with Crippen molar-refractivity contribution in [3.8, 4) is 29.6 Å². The van der Waals surface area contributed by atoms with Crippen LogP contribution < -0.4 is 9.64 Å². The first-order valence-electron chi connectivity index (χ1n) is 16.9. The quantitative estimate of drug-likeness (QED) is 0.241. The van der Waals surface area contributed by atoms with Crippen LogP contribution in [0.4, 0.5) is 15.0 Å². The number of fused-ring (bicyclic) bond motifs is 5. The van der Waals surface area contributed by atoms with Gasteiger partial charge in [-0.25, -0.2) is 9.18 Å². The third-order valence-corrected chi connectivity index (χ3v) is 11.4. The van der Waals surface area contributed by atoms with Crippen LogP contribution >= 0.6 is 0 Å². The monoisotopic (exact) mass is 637 g/mol. The Bertz CT molecular complexity index is 1890. The van der Waals surface area contributed by atoms with Gasteiger partial charge in [0.2, 0.25) is 0 Å². The Morgan fingerprint density at radius 1 is 1.09 bits per heavy atom. The van der Waals surface area contributed by atoms with Crippen LogP contribution in [0, 0.1) is 30.0 Å². The highest BCUT2D eigenvalue weighted by atomic mass is 19.1. The van der Waals surface area contributed by atoms with Crippen LogP contribution in [0.25, 0.3) is 33.1 Å². The average molecular weight is 638 g/mol. The van der Waals surface area contributed by atoms with Crippen LogP contribution in [0.5, 0.6) is 6.01 Å². The molecule has 4 aromatic rings. The second kappa shape index (κ2) is 11.4. The number of aromatic nitrogens is 4. The number of ether oxygens (including phenoxy) is 1. The minimum Gasteiger partial charge on any atom is -0.465 e. The summed E-state index contributed by atoms with van der Waals surface area (Å²) in [6, 6.07) is 8.91. The van der Waals surface area contributed by atoms with Gasteiger partial charge in [-0.2, -0.15) is 15.1 Å². The second-order valence-corrected chi connectivity index (χ2v) is 14.0. The zero-order chi connectivity index (χ0) is 32.4. The number of hydrogen-bond acceptors (Lipinski definition) is 7. The van der Waals surface area contributed by atoms with Crippen LogP contribution in [-0.2, 0) is 0 Å². The molecule has 4 saturated heterocycles. The molecule has 0 radical (unpaired) electrons. The molecule has 2 aromatic heterocycles. The fourth-order valence-electron chi connectivity index (χ4n) is 8.98. The molecule has 244 valence electrons. The Morgan fingerprint density at radius 2 is 1.81 bits per heavy atom. The van der Waals surface area contributed by atoms with Crippen molar-refractivity contribution in [2.24, 2.45) is 11.8 Å². The van der Waals surface area contributed by atoms with E-state index in [0.29, 0.717) is 59.4 Å². The third kappa shape index (κ3) is 4.79. The van der Waals surface area contributed by atoms with Crippen molar-refractivity contribution in [3.63, 3.8) is 0 Å². The number of halogens is 1. The second-order valence-electron chi connectivity index (χ2n) is 14.0. The number of nitrogens with one attached hydrogen (secondary N) is 1. The molecule has 0 aliphatic carbocycles. The number of aromatic amines is 1. The Labute approximate surface area is 273 Å². The van der Waals surface area contributed by atoms with Gasteiger partial charge in [0, 0.05) is 48.1 Å². The van der Waals surface area contributed by atoms with Crippen LogP contribution in [0.15, 0.2) is 30.3 Å². The number of nitrogens with zero attached hydrogens (tertiary/aromatic N) is 6. The molecule has 2 bridgehead atoms. The summed E-state index contributed by atoms with van der Waals surface area (Å²) in [7, 11) is 0. The SMILES string of the molecule is C#Cc1cccc2[nH]nc(-c3ccc4c(N5C[C@H]6CC[C@@H](C5)N6C(=O)O)nc(OCC56CC(CC)CN5CC(CC)C6)nc4c3F)c12. The maximum atomic E-state index is 16.8. The zero-order valence-corrected chi connectivity index (χ0v) is 26.9. The van der Waals surface area contributed by atoms with Gasteiger partial charge in [0.05, 0.1) is 23.1 Å². The van der Waals surface area contributed by atoms with Gasteiger partial charge in [-0.1, -0.05) is 38.7 Å². The molecule has 4 aliphatic rings. The first-order valence-corrected chi connectivity index (χ1v) is 16.9. The van der Waals surface area contributed by atoms with E-state index in [4.69, 9.17) is 21.1 Å². The number of H-pyrrole nitrogens is 1. The summed E-state index contributed by atoms with van der Waals surface area (Å²) in [5.74, 6) is 4.00. The summed E-state index contributed by atoms with van der Waals surface area (Å²) in [4.78, 5) is 28.0. The maximum Gasteiger partial charge on any atom is 0.407 e. The normalized spacial score (nSPS) is 27.1. The van der Waals surface area contributed by atoms with Crippen LogP contribution in [0.3, 0.4) is 0 Å². The van der Waals surface area contributed by atoms with E-state index in [1.165, 1.54) is 0 Å². The van der Waals surface area contributed by atoms with Gasteiger partial charge in [0.25, 0.3) is 0 Å². The van der Waals surface area contributed by atoms with Crippen molar-refractivity contribution < 1.29 is 19.0 Å². The molecule has 10 nitrogen and oxygen atoms in total. The van der Waals surface area contributed by atoms with Crippen molar-refractivity contribution in [2.45, 2.75) is 70.0 Å². The minimum atomic E-state index is -0.894. The topological polar surface area (TPSA) is 111 Å². The summed E-state index contributed by atoms with van der Waals surface area (Å²) in [6.45, 7) is 8.05. The molecule has 2 aromatic carbocycles. The number of piperazine rings is 1. The summed E-state index contributed by atoms with van der Waals surface area (Å²) in [5.41, 5.74) is 2.12. The number of rotatable bonds is 7. The number of carboxylic acid groups (broad SMARTS) is 1. The minimum absolute atomic E-state index is 0.0773. The number of carbonyl (C=O) groups is 1. The maximum absolute atomic E-state index is 16.8. The third-order valence-electron chi connectivity index (χ3n) is 11.4. The van der Waals surface area contributed by atoms with Crippen molar-refractivity contribution in [1.29, 1.82) is 0 Å². The van der Waals surface area contributed by atoms with Gasteiger partial charge in [-0.15, -0.1) is 6.42 Å². The van der Waals surface area contributed by atoms with Gasteiger partial charge >= 0.3 is 12.1 Å². The van der Waals surface area contributed by atoms with E-state index < -0.39 is 11.9 Å². The summed E-state index contributed by atoms with van der Waals surface area (Å²) >= 11 is 0. The molecule has 2 N–H and O–H groups in total. The van der Waals surface area contributed by atoms with Crippen LogP contribution in [0.1, 0.15) is 57.9 Å². The predicted molar refractivity (Wildman–Crippen MR) is 178 cm³/mol. The lowest BCUT2D eigenvalue weighted by Gasteiger charge is -2.40. The molecular weight excluding hydrogens is 597 g/mol. The molecule has 0 spiro atoms. The molecule has 6 heterocycles. The summed E-state index contributed by atoms with van der Waals surface area (Å²) in [6.07, 6.45) is 10.9. The van der Waals surface area contributed by atoms with Gasteiger partial charge in [-0.05, 0) is 61.8 Å². The number of benzene rings is 2. The zero-order valence-electron chi connectivity index (χ0n) is 26.9. The van der Waals surface area contributed by atoms with E-state index in [1.54, 1.807) is 11.0 Å². The van der Waals surface area contributed by atoms with E-state index >= 15 is 4.39 Å². The smallest absolute Gasteiger partial charge is 0.407 e. The molecule has 1 amide bonds. The van der Waals surface area contributed by atoms with Crippen molar-refractivity contribution in [3.05, 3.63) is 41.7 Å². The Morgan fingerprint density at radius 3 is 2.47 bits per heavy atom. The van der Waals surface area contributed by atoms with Gasteiger partial charge < -0.3 is 14.7 Å². The fourth-order valence-corrected chi connectivity index (χ4v) is 8.98. The Hall–Kier alpha value is -4.43. The summed E-state index contributed by atoms with van der Waals surface area (Å²) in [5, 5.41) is 18.6. The van der Waals surface area contributed by atoms with Crippen LogP contribution in [-0.4, -0.2) is 91.6 Å². The van der Waals surface area contributed by atoms with Gasteiger partial charge in [0.1, 0.15) is 23.6 Å².